The Hall–Kier alpha value is -1.35. The zero-order valence-corrected chi connectivity index (χ0v) is 9.35. The number of nitrogens with zero attached hydrogens (tertiary/aromatic N) is 1. The van der Waals surface area contributed by atoms with Gasteiger partial charge in [0.15, 0.2) is 0 Å². The van der Waals surface area contributed by atoms with Crippen LogP contribution in [0.15, 0.2) is 18.2 Å². The molecule has 0 aliphatic carbocycles. The molecule has 96 valence electrons. The van der Waals surface area contributed by atoms with E-state index in [0.717, 1.165) is 6.07 Å². The normalized spacial score (nSPS) is 12.5. The summed E-state index contributed by atoms with van der Waals surface area (Å²) in [5.41, 5.74) is -1.04. The molecule has 0 unspecified atom stereocenters. The van der Waals surface area contributed by atoms with Crippen molar-refractivity contribution in [2.75, 3.05) is 17.6 Å². The van der Waals surface area contributed by atoms with Crippen LogP contribution in [-0.2, 0) is 16.2 Å². The number of nitrogens with one attached hydrogen (secondary N) is 1. The lowest BCUT2D eigenvalue weighted by atomic mass is 10.3. The minimum absolute atomic E-state index is 0.0523. The molecule has 1 rings (SSSR count). The first-order chi connectivity index (χ1) is 7.68. The molecule has 17 heavy (non-hydrogen) atoms. The van der Waals surface area contributed by atoms with E-state index >= 15 is 0 Å². The number of primary sulfonamides is 1. The van der Waals surface area contributed by atoms with Crippen LogP contribution in [0.1, 0.15) is 5.69 Å². The summed E-state index contributed by atoms with van der Waals surface area (Å²) in [6.07, 6.45) is -4.53. The molecule has 0 aromatic carbocycles. The molecule has 0 bridgehead atoms. The Morgan fingerprint density at radius 1 is 1.35 bits per heavy atom. The van der Waals surface area contributed by atoms with Gasteiger partial charge in [-0.05, 0) is 12.1 Å². The van der Waals surface area contributed by atoms with Crippen molar-refractivity contribution in [1.29, 1.82) is 0 Å². The minimum atomic E-state index is -4.53. The van der Waals surface area contributed by atoms with Crippen LogP contribution in [0.4, 0.5) is 19.0 Å². The Labute approximate surface area is 95.9 Å². The van der Waals surface area contributed by atoms with E-state index in [0.29, 0.717) is 0 Å². The van der Waals surface area contributed by atoms with Crippen molar-refractivity contribution >= 4 is 15.8 Å². The standard InChI is InChI=1S/C8H10F3N3O2S/c9-8(10,11)6-2-1-3-7(14-6)13-4-5-17(12,15)16/h1-3H,4-5H2,(H,13,14)(H2,12,15,16). The highest BCUT2D eigenvalue weighted by atomic mass is 32.2. The number of sulfonamides is 1. The third kappa shape index (κ3) is 5.00. The van der Waals surface area contributed by atoms with Crippen LogP contribution in [0.2, 0.25) is 0 Å². The van der Waals surface area contributed by atoms with Gasteiger partial charge in [-0.15, -0.1) is 0 Å². The second-order valence-corrected chi connectivity index (χ2v) is 4.93. The highest BCUT2D eigenvalue weighted by Crippen LogP contribution is 2.27. The minimum Gasteiger partial charge on any atom is -0.369 e. The van der Waals surface area contributed by atoms with Crippen LogP contribution in [-0.4, -0.2) is 25.7 Å². The average molecular weight is 269 g/mol. The maximum Gasteiger partial charge on any atom is 0.433 e. The van der Waals surface area contributed by atoms with Gasteiger partial charge in [-0.25, -0.2) is 18.5 Å². The van der Waals surface area contributed by atoms with Gasteiger partial charge in [0, 0.05) is 6.54 Å². The summed E-state index contributed by atoms with van der Waals surface area (Å²) in [6, 6.07) is 3.30. The third-order valence-corrected chi connectivity index (χ3v) is 2.51. The van der Waals surface area contributed by atoms with Crippen LogP contribution in [0.25, 0.3) is 0 Å². The topological polar surface area (TPSA) is 85.1 Å². The van der Waals surface area contributed by atoms with Crippen LogP contribution in [0.5, 0.6) is 0 Å². The Balaban J connectivity index is 2.67. The molecule has 1 heterocycles. The number of alkyl halides is 3. The van der Waals surface area contributed by atoms with Crippen LogP contribution < -0.4 is 10.5 Å². The van der Waals surface area contributed by atoms with Crippen molar-refractivity contribution in [3.8, 4) is 0 Å². The Kier molecular flexibility index (Phi) is 3.94. The number of halogens is 3. The summed E-state index contributed by atoms with van der Waals surface area (Å²) in [6.45, 7) is -0.104. The zero-order valence-electron chi connectivity index (χ0n) is 8.53. The molecule has 1 aromatic rings. The van der Waals surface area contributed by atoms with Gasteiger partial charge in [-0.2, -0.15) is 13.2 Å². The number of rotatable bonds is 4. The lowest BCUT2D eigenvalue weighted by Crippen LogP contribution is -2.22. The molecular formula is C8H10F3N3O2S. The van der Waals surface area contributed by atoms with E-state index < -0.39 is 21.9 Å². The number of anilines is 1. The van der Waals surface area contributed by atoms with Gasteiger partial charge >= 0.3 is 6.18 Å². The molecule has 0 fully saturated rings. The van der Waals surface area contributed by atoms with Crippen LogP contribution in [0.3, 0.4) is 0 Å². The first kappa shape index (κ1) is 13.7. The molecule has 0 saturated carbocycles. The fraction of sp³-hybridized carbons (Fsp3) is 0.375. The number of nitrogens with two attached hydrogens (primary N) is 1. The third-order valence-electron chi connectivity index (χ3n) is 1.73. The maximum atomic E-state index is 12.3. The highest BCUT2D eigenvalue weighted by Gasteiger charge is 2.32. The average Bonchev–Trinajstić information content (AvgIpc) is 2.15. The summed E-state index contributed by atoms with van der Waals surface area (Å²) in [5.74, 6) is -0.436. The number of pyridine rings is 1. The van der Waals surface area contributed by atoms with Gasteiger partial charge in [0.2, 0.25) is 10.0 Å². The number of hydrogen-bond donors (Lipinski definition) is 2. The summed E-state index contributed by atoms with van der Waals surface area (Å²) in [7, 11) is -3.65. The van der Waals surface area contributed by atoms with E-state index in [-0.39, 0.29) is 18.1 Å². The van der Waals surface area contributed by atoms with E-state index in [1.807, 2.05) is 0 Å². The molecule has 0 amide bonds. The smallest absolute Gasteiger partial charge is 0.369 e. The Morgan fingerprint density at radius 2 is 2.00 bits per heavy atom. The Bertz CT molecular complexity index is 487. The monoisotopic (exact) mass is 269 g/mol. The fourth-order valence-electron chi connectivity index (χ4n) is 1.01. The van der Waals surface area contributed by atoms with Gasteiger partial charge in [0.05, 0.1) is 5.75 Å². The lowest BCUT2D eigenvalue weighted by molar-refractivity contribution is -0.141. The summed E-state index contributed by atoms with van der Waals surface area (Å²) in [4.78, 5) is 3.29. The van der Waals surface area contributed by atoms with Crippen LogP contribution >= 0.6 is 0 Å². The van der Waals surface area contributed by atoms with Gasteiger partial charge < -0.3 is 5.32 Å². The van der Waals surface area contributed by atoms with Gasteiger partial charge in [-0.3, -0.25) is 0 Å². The predicted molar refractivity (Wildman–Crippen MR) is 55.7 cm³/mol. The van der Waals surface area contributed by atoms with Gasteiger partial charge in [-0.1, -0.05) is 6.07 Å². The molecule has 0 saturated heterocycles. The predicted octanol–water partition coefficient (Wildman–Crippen LogP) is 0.801. The van der Waals surface area contributed by atoms with E-state index in [4.69, 9.17) is 5.14 Å². The van der Waals surface area contributed by atoms with Crippen molar-refractivity contribution in [1.82, 2.24) is 4.98 Å². The van der Waals surface area contributed by atoms with Crippen molar-refractivity contribution in [3.63, 3.8) is 0 Å². The van der Waals surface area contributed by atoms with E-state index in [9.17, 15) is 21.6 Å². The first-order valence-corrected chi connectivity index (χ1v) is 6.18. The van der Waals surface area contributed by atoms with Gasteiger partial charge in [0.25, 0.3) is 0 Å². The van der Waals surface area contributed by atoms with E-state index in [1.54, 1.807) is 0 Å². The van der Waals surface area contributed by atoms with Gasteiger partial charge in [0.1, 0.15) is 11.5 Å². The summed E-state index contributed by atoms with van der Waals surface area (Å²) >= 11 is 0. The molecule has 0 spiro atoms. The Morgan fingerprint density at radius 3 is 2.53 bits per heavy atom. The molecule has 0 aliphatic rings. The lowest BCUT2D eigenvalue weighted by Gasteiger charge is -2.08. The fourth-order valence-corrected chi connectivity index (χ4v) is 1.40. The molecule has 1 aromatic heterocycles. The van der Waals surface area contributed by atoms with Crippen molar-refractivity contribution < 1.29 is 21.6 Å². The number of hydrogen-bond acceptors (Lipinski definition) is 4. The summed E-state index contributed by atoms with van der Waals surface area (Å²) in [5, 5.41) is 7.17. The van der Waals surface area contributed by atoms with Crippen molar-refractivity contribution in [2.45, 2.75) is 6.18 Å². The largest absolute Gasteiger partial charge is 0.433 e. The second-order valence-electron chi connectivity index (χ2n) is 3.20. The highest BCUT2D eigenvalue weighted by molar-refractivity contribution is 7.89. The van der Waals surface area contributed by atoms with Crippen LogP contribution in [0, 0.1) is 0 Å². The second kappa shape index (κ2) is 4.88. The molecular weight excluding hydrogens is 259 g/mol. The molecule has 0 radical (unpaired) electrons. The quantitative estimate of drug-likeness (QED) is 0.846. The molecule has 5 nitrogen and oxygen atoms in total. The first-order valence-electron chi connectivity index (χ1n) is 4.47. The molecule has 0 aliphatic heterocycles. The molecule has 0 atom stereocenters. The van der Waals surface area contributed by atoms with E-state index in [1.165, 1.54) is 12.1 Å². The zero-order chi connectivity index (χ0) is 13.1. The molecule has 9 heteroatoms. The number of aromatic nitrogens is 1. The maximum absolute atomic E-state index is 12.3. The van der Waals surface area contributed by atoms with Crippen molar-refractivity contribution in [3.05, 3.63) is 23.9 Å². The SMILES string of the molecule is NS(=O)(=O)CCNc1cccc(C(F)(F)F)n1. The molecule has 3 N–H and O–H groups in total. The summed E-state index contributed by atoms with van der Waals surface area (Å²) < 4.78 is 58.0. The van der Waals surface area contributed by atoms with Crippen molar-refractivity contribution in [2.24, 2.45) is 5.14 Å². The van der Waals surface area contributed by atoms with E-state index in [2.05, 4.69) is 10.3 Å².